The van der Waals surface area contributed by atoms with Crippen LogP contribution >= 0.6 is 11.8 Å². The Morgan fingerprint density at radius 2 is 2.06 bits per heavy atom. The van der Waals surface area contributed by atoms with E-state index in [1.54, 1.807) is 0 Å². The Balaban J connectivity index is 1.88. The van der Waals surface area contributed by atoms with Gasteiger partial charge >= 0.3 is 0 Å². The molecule has 0 aromatic heterocycles. The van der Waals surface area contributed by atoms with Crippen molar-refractivity contribution in [3.05, 3.63) is 0 Å². The maximum atomic E-state index is 12.3. The summed E-state index contributed by atoms with van der Waals surface area (Å²) in [5.41, 5.74) is 0. The van der Waals surface area contributed by atoms with E-state index in [9.17, 15) is 4.79 Å². The minimum absolute atomic E-state index is 0.102. The molecule has 92 valence electrons. The monoisotopic (exact) mass is 242 g/mol. The maximum absolute atomic E-state index is 12.3. The highest BCUT2D eigenvalue weighted by Crippen LogP contribution is 2.14. The molecule has 1 amide bonds. The number of hydrogen-bond donors (Lipinski definition) is 1. The highest BCUT2D eigenvalue weighted by molar-refractivity contribution is 7.99. The van der Waals surface area contributed by atoms with Crippen LogP contribution in [0.5, 0.6) is 0 Å². The number of rotatable bonds is 1. The fraction of sp³-hybridized carbons (Fsp3) is 0.917. The Morgan fingerprint density at radius 3 is 3.00 bits per heavy atom. The maximum Gasteiger partial charge on any atom is 0.239 e. The summed E-state index contributed by atoms with van der Waals surface area (Å²) in [5.74, 6) is 2.67. The first-order chi connectivity index (χ1) is 7.88. The summed E-state index contributed by atoms with van der Waals surface area (Å²) in [7, 11) is 0. The zero-order chi connectivity index (χ0) is 11.2. The topological polar surface area (TPSA) is 32.3 Å². The molecular formula is C12H22N2OS. The molecule has 0 spiro atoms. The van der Waals surface area contributed by atoms with Gasteiger partial charge in [-0.1, -0.05) is 12.8 Å². The molecule has 0 radical (unpaired) electrons. The first kappa shape index (κ1) is 12.2. The molecule has 0 aromatic carbocycles. The van der Waals surface area contributed by atoms with Crippen molar-refractivity contribution in [3.8, 4) is 0 Å². The van der Waals surface area contributed by atoms with Crippen molar-refractivity contribution in [1.82, 2.24) is 10.2 Å². The molecule has 2 aliphatic heterocycles. The standard InChI is InChI=1S/C12H22N2OS/c15-12(11-5-2-1-3-6-13-11)14-7-4-9-16-10-8-14/h11,13H,1-10H2. The van der Waals surface area contributed by atoms with Gasteiger partial charge in [0, 0.05) is 18.8 Å². The van der Waals surface area contributed by atoms with Crippen LogP contribution in [0.4, 0.5) is 0 Å². The molecular weight excluding hydrogens is 220 g/mol. The van der Waals surface area contributed by atoms with Gasteiger partial charge in [0.15, 0.2) is 0 Å². The number of nitrogens with zero attached hydrogens (tertiary/aromatic N) is 1. The third kappa shape index (κ3) is 3.39. The minimum atomic E-state index is 0.102. The van der Waals surface area contributed by atoms with Crippen LogP contribution in [-0.2, 0) is 4.79 Å². The van der Waals surface area contributed by atoms with Gasteiger partial charge in [-0.2, -0.15) is 11.8 Å². The third-order valence-electron chi connectivity index (χ3n) is 3.39. The first-order valence-corrected chi connectivity index (χ1v) is 7.63. The highest BCUT2D eigenvalue weighted by Gasteiger charge is 2.25. The molecule has 2 heterocycles. The Labute approximate surface area is 102 Å². The van der Waals surface area contributed by atoms with E-state index < -0.39 is 0 Å². The summed E-state index contributed by atoms with van der Waals surface area (Å²) in [5, 5.41) is 3.40. The predicted octanol–water partition coefficient (Wildman–Crippen LogP) is 1.48. The molecule has 2 rings (SSSR count). The normalized spacial score (nSPS) is 28.2. The van der Waals surface area contributed by atoms with Crippen LogP contribution in [0.25, 0.3) is 0 Å². The summed E-state index contributed by atoms with van der Waals surface area (Å²) in [6, 6.07) is 0.102. The van der Waals surface area contributed by atoms with E-state index in [1.807, 2.05) is 11.8 Å². The van der Waals surface area contributed by atoms with Crippen LogP contribution in [0.2, 0.25) is 0 Å². The van der Waals surface area contributed by atoms with Crippen LogP contribution in [-0.4, -0.2) is 48.0 Å². The predicted molar refractivity (Wildman–Crippen MR) is 68.8 cm³/mol. The number of carbonyl (C=O) groups is 1. The van der Waals surface area contributed by atoms with E-state index in [0.29, 0.717) is 5.91 Å². The van der Waals surface area contributed by atoms with E-state index in [-0.39, 0.29) is 6.04 Å². The summed E-state index contributed by atoms with van der Waals surface area (Å²) in [6.45, 7) is 2.92. The number of thioether (sulfide) groups is 1. The lowest BCUT2D eigenvalue weighted by molar-refractivity contribution is -0.133. The number of hydrogen-bond acceptors (Lipinski definition) is 3. The van der Waals surface area contributed by atoms with Crippen molar-refractivity contribution < 1.29 is 4.79 Å². The van der Waals surface area contributed by atoms with Crippen molar-refractivity contribution >= 4 is 17.7 Å². The fourth-order valence-electron chi connectivity index (χ4n) is 2.43. The van der Waals surface area contributed by atoms with Gasteiger partial charge < -0.3 is 10.2 Å². The molecule has 0 aromatic rings. The third-order valence-corrected chi connectivity index (χ3v) is 4.44. The lowest BCUT2D eigenvalue weighted by Gasteiger charge is -2.25. The average Bonchev–Trinajstić information content (AvgIpc) is 2.73. The Hall–Kier alpha value is -0.220. The van der Waals surface area contributed by atoms with Gasteiger partial charge in [-0.05, 0) is 31.6 Å². The molecule has 0 saturated carbocycles. The van der Waals surface area contributed by atoms with Crippen LogP contribution in [0, 0.1) is 0 Å². The van der Waals surface area contributed by atoms with E-state index in [2.05, 4.69) is 10.2 Å². The molecule has 16 heavy (non-hydrogen) atoms. The molecule has 2 saturated heterocycles. The number of carbonyl (C=O) groups excluding carboxylic acids is 1. The molecule has 4 heteroatoms. The largest absolute Gasteiger partial charge is 0.340 e. The second-order valence-electron chi connectivity index (χ2n) is 4.65. The van der Waals surface area contributed by atoms with Crippen LogP contribution < -0.4 is 5.32 Å². The Morgan fingerprint density at radius 1 is 1.12 bits per heavy atom. The number of amides is 1. The summed E-state index contributed by atoms with van der Waals surface area (Å²) < 4.78 is 0. The van der Waals surface area contributed by atoms with E-state index in [0.717, 1.165) is 38.2 Å². The lowest BCUT2D eigenvalue weighted by Crippen LogP contribution is -2.46. The van der Waals surface area contributed by atoms with Crippen molar-refractivity contribution in [2.45, 2.75) is 38.1 Å². The molecule has 1 unspecified atom stereocenters. The first-order valence-electron chi connectivity index (χ1n) is 6.48. The van der Waals surface area contributed by atoms with Gasteiger partial charge in [0.2, 0.25) is 5.91 Å². The SMILES string of the molecule is O=C(C1CCCCCN1)N1CCCSCC1. The van der Waals surface area contributed by atoms with Gasteiger partial charge in [0.25, 0.3) is 0 Å². The summed E-state index contributed by atoms with van der Waals surface area (Å²) >= 11 is 1.97. The fourth-order valence-corrected chi connectivity index (χ4v) is 3.31. The molecule has 1 atom stereocenters. The second-order valence-corrected chi connectivity index (χ2v) is 5.87. The van der Waals surface area contributed by atoms with Crippen LogP contribution in [0.1, 0.15) is 32.1 Å². The molecule has 3 nitrogen and oxygen atoms in total. The minimum Gasteiger partial charge on any atom is -0.340 e. The van der Waals surface area contributed by atoms with E-state index >= 15 is 0 Å². The quantitative estimate of drug-likeness (QED) is 0.756. The van der Waals surface area contributed by atoms with Crippen molar-refractivity contribution in [3.63, 3.8) is 0 Å². The Kier molecular flexibility index (Phi) is 4.97. The van der Waals surface area contributed by atoms with Crippen molar-refractivity contribution in [2.75, 3.05) is 31.1 Å². The van der Waals surface area contributed by atoms with Gasteiger partial charge in [-0.3, -0.25) is 4.79 Å². The van der Waals surface area contributed by atoms with Gasteiger partial charge in [0.1, 0.15) is 0 Å². The number of nitrogens with one attached hydrogen (secondary N) is 1. The van der Waals surface area contributed by atoms with Crippen molar-refractivity contribution in [2.24, 2.45) is 0 Å². The second kappa shape index (κ2) is 6.50. The average molecular weight is 242 g/mol. The van der Waals surface area contributed by atoms with E-state index in [4.69, 9.17) is 0 Å². The zero-order valence-electron chi connectivity index (χ0n) is 9.91. The molecule has 1 N–H and O–H groups in total. The zero-order valence-corrected chi connectivity index (χ0v) is 10.7. The lowest BCUT2D eigenvalue weighted by atomic mass is 10.1. The van der Waals surface area contributed by atoms with Gasteiger partial charge in [0.05, 0.1) is 6.04 Å². The highest BCUT2D eigenvalue weighted by atomic mass is 32.2. The smallest absolute Gasteiger partial charge is 0.239 e. The van der Waals surface area contributed by atoms with Gasteiger partial charge in [-0.15, -0.1) is 0 Å². The van der Waals surface area contributed by atoms with Gasteiger partial charge in [-0.25, -0.2) is 0 Å². The van der Waals surface area contributed by atoms with E-state index in [1.165, 1.54) is 25.0 Å². The van der Waals surface area contributed by atoms with Crippen LogP contribution in [0.3, 0.4) is 0 Å². The van der Waals surface area contributed by atoms with Crippen molar-refractivity contribution in [1.29, 1.82) is 0 Å². The molecule has 0 bridgehead atoms. The summed E-state index contributed by atoms with van der Waals surface area (Å²) in [6.07, 6.45) is 5.88. The summed E-state index contributed by atoms with van der Waals surface area (Å²) in [4.78, 5) is 14.4. The molecule has 2 aliphatic rings. The Bertz CT molecular complexity index is 197. The molecule has 2 fully saturated rings. The van der Waals surface area contributed by atoms with Crippen LogP contribution in [0.15, 0.2) is 0 Å². The molecule has 0 aliphatic carbocycles.